The molecule has 4 amide bonds. The predicted molar refractivity (Wildman–Crippen MR) is 335 cm³/mol. The highest BCUT2D eigenvalue weighted by Crippen LogP contribution is 2.53. The molecule has 3 aliphatic rings. The van der Waals surface area contributed by atoms with Crippen LogP contribution in [-0.4, -0.2) is 155 Å². The first-order chi connectivity index (χ1) is 43.9. The lowest BCUT2D eigenvalue weighted by atomic mass is 9.77. The number of hydrogen-bond donors (Lipinski definition) is 4. The van der Waals surface area contributed by atoms with Crippen LogP contribution < -0.4 is 59.2 Å². The summed E-state index contributed by atoms with van der Waals surface area (Å²) in [5.74, 6) is -10.7. The maximum atomic E-state index is 15.2. The van der Waals surface area contributed by atoms with E-state index in [1.165, 1.54) is 56.9 Å². The minimum atomic E-state index is -1.21. The summed E-state index contributed by atoms with van der Waals surface area (Å²) in [4.78, 5) is 117. The van der Waals surface area contributed by atoms with E-state index >= 15 is 19.2 Å². The molecule has 4 unspecified atom stereocenters. The minimum absolute atomic E-state index is 0.197. The fraction of sp³-hybridized carbons (Fsp3) is 0.529. The molecular formula is C68H88N4O20. The Labute approximate surface area is 536 Å². The molecule has 4 aromatic rings. The van der Waals surface area contributed by atoms with Gasteiger partial charge in [-0.25, -0.2) is 19.2 Å². The molecule has 1 aliphatic carbocycles. The number of ether oxygens (including phenoxy) is 12. The number of rotatable bonds is 12. The number of carbonyl (C=O) groups is 8. The average Bonchev–Trinajstić information content (AvgIpc) is 0.932. The third-order valence-corrected chi connectivity index (χ3v) is 17.0. The lowest BCUT2D eigenvalue weighted by Gasteiger charge is -2.31. The molecule has 0 spiro atoms. The van der Waals surface area contributed by atoms with Gasteiger partial charge >= 0.3 is 23.9 Å². The average molecular weight is 1280 g/mol. The summed E-state index contributed by atoms with van der Waals surface area (Å²) in [6, 6.07) is 8.62. The van der Waals surface area contributed by atoms with E-state index in [0.29, 0.717) is 44.5 Å². The number of amides is 4. The lowest BCUT2D eigenvalue weighted by molar-refractivity contribution is -0.157. The second-order valence-corrected chi connectivity index (χ2v) is 24.2. The zero-order chi connectivity index (χ0) is 67.4. The SMILES string of the molecule is COc1cc(OC)c2cc1C1CC(=O)NC(C(C)C)C(=O)OCCOC(=O)C(C(C)C)NC(=O)CC2c2cc(c(OC)cc2OC)C2CC(=O)NC(C(C)C)C(=O)OCCOC(=O)C(C(C)C)NC(=O)CC(c3cc2c(OC)cc3OC)c2cc1c(OC)cc2OC. The van der Waals surface area contributed by atoms with Gasteiger partial charge in [-0.05, 0) is 47.9 Å². The van der Waals surface area contributed by atoms with E-state index in [-0.39, 0.29) is 72.4 Å². The first-order valence-electron chi connectivity index (χ1n) is 30.7. The number of esters is 4. The van der Waals surface area contributed by atoms with Crippen LogP contribution >= 0.6 is 0 Å². The summed E-state index contributed by atoms with van der Waals surface area (Å²) in [6.45, 7) is 12.3. The van der Waals surface area contributed by atoms with Gasteiger partial charge in [-0.2, -0.15) is 0 Å². The number of methoxy groups -OCH3 is 8. The van der Waals surface area contributed by atoms with Gasteiger partial charge in [0.1, 0.15) is 96.6 Å². The van der Waals surface area contributed by atoms with Crippen molar-refractivity contribution < 1.29 is 95.2 Å². The van der Waals surface area contributed by atoms with Gasteiger partial charge in [0.25, 0.3) is 0 Å². The van der Waals surface area contributed by atoms with E-state index in [1.807, 2.05) is 0 Å². The Kier molecular flexibility index (Phi) is 24.0. The molecule has 0 saturated carbocycles. The smallest absolute Gasteiger partial charge is 0.329 e. The molecule has 24 heteroatoms. The molecule has 4 N–H and O–H groups in total. The predicted octanol–water partition coefficient (Wildman–Crippen LogP) is 6.92. The van der Waals surface area contributed by atoms with E-state index < -0.39 is 145 Å². The summed E-state index contributed by atoms with van der Waals surface area (Å²) in [5.41, 5.74) is 2.69. The van der Waals surface area contributed by atoms with E-state index in [1.54, 1.807) is 104 Å². The van der Waals surface area contributed by atoms with Gasteiger partial charge in [-0.3, -0.25) is 19.2 Å². The quantitative estimate of drug-likeness (QED) is 0.0826. The molecule has 92 heavy (non-hydrogen) atoms. The molecule has 7 rings (SSSR count). The fourth-order valence-electron chi connectivity index (χ4n) is 12.1. The Hall–Kier alpha value is -8.96. The minimum Gasteiger partial charge on any atom is -0.496 e. The fourth-order valence-corrected chi connectivity index (χ4v) is 12.1. The van der Waals surface area contributed by atoms with Crippen molar-refractivity contribution in [1.29, 1.82) is 0 Å². The van der Waals surface area contributed by atoms with Crippen molar-refractivity contribution in [2.24, 2.45) is 23.7 Å². The summed E-state index contributed by atoms with van der Waals surface area (Å²) < 4.78 is 72.7. The highest BCUT2D eigenvalue weighted by molar-refractivity contribution is 5.89. The monoisotopic (exact) mass is 1280 g/mol. The number of cyclic esters (lactones) is 4. The second kappa shape index (κ2) is 31.4. The number of benzene rings is 4. The van der Waals surface area contributed by atoms with Gasteiger partial charge in [0.15, 0.2) is 0 Å². The van der Waals surface area contributed by atoms with Crippen LogP contribution in [0.3, 0.4) is 0 Å². The van der Waals surface area contributed by atoms with Crippen molar-refractivity contribution in [3.05, 3.63) is 93.0 Å². The maximum Gasteiger partial charge on any atom is 0.329 e. The highest BCUT2D eigenvalue weighted by Gasteiger charge is 2.40. The lowest BCUT2D eigenvalue weighted by Crippen LogP contribution is -2.46. The molecule has 12 bridgehead atoms. The van der Waals surface area contributed by atoms with Crippen LogP contribution in [0.2, 0.25) is 0 Å². The molecule has 2 heterocycles. The Morgan fingerprint density at radius 2 is 0.435 bits per heavy atom. The number of carbonyl (C=O) groups excluding carboxylic acids is 8. The van der Waals surface area contributed by atoms with Crippen LogP contribution in [0.15, 0.2) is 48.5 Å². The Bertz CT molecular complexity index is 2960. The molecule has 500 valence electrons. The van der Waals surface area contributed by atoms with Crippen LogP contribution in [0.1, 0.15) is 149 Å². The van der Waals surface area contributed by atoms with E-state index in [9.17, 15) is 19.2 Å². The number of fused-ring (bicyclic) bond motifs is 8. The van der Waals surface area contributed by atoms with Crippen molar-refractivity contribution >= 4 is 47.5 Å². The number of nitrogens with one attached hydrogen (secondary N) is 4. The van der Waals surface area contributed by atoms with Gasteiger partial charge in [-0.15, -0.1) is 0 Å². The van der Waals surface area contributed by atoms with Gasteiger partial charge < -0.3 is 78.1 Å². The van der Waals surface area contributed by atoms with Crippen molar-refractivity contribution in [3.8, 4) is 46.0 Å². The van der Waals surface area contributed by atoms with Crippen LogP contribution in [-0.2, 0) is 57.3 Å². The van der Waals surface area contributed by atoms with Crippen molar-refractivity contribution in [2.75, 3.05) is 83.3 Å². The van der Waals surface area contributed by atoms with E-state index in [0.717, 1.165) is 0 Å². The summed E-state index contributed by atoms with van der Waals surface area (Å²) in [7, 11) is 11.5. The van der Waals surface area contributed by atoms with Crippen LogP contribution in [0.5, 0.6) is 46.0 Å². The van der Waals surface area contributed by atoms with Crippen LogP contribution in [0.25, 0.3) is 0 Å². The molecule has 0 saturated heterocycles. The summed E-state index contributed by atoms with van der Waals surface area (Å²) in [5, 5.41) is 11.7. The van der Waals surface area contributed by atoms with Crippen molar-refractivity contribution in [1.82, 2.24) is 21.3 Å². The Morgan fingerprint density at radius 3 is 0.565 bits per heavy atom. The molecule has 0 fully saturated rings. The second-order valence-electron chi connectivity index (χ2n) is 24.2. The summed E-state index contributed by atoms with van der Waals surface area (Å²) >= 11 is 0. The molecular weight excluding hydrogens is 1190 g/mol. The third kappa shape index (κ3) is 15.8. The molecule has 2 aliphatic heterocycles. The van der Waals surface area contributed by atoms with Gasteiger partial charge in [0.05, 0.1) is 56.9 Å². The van der Waals surface area contributed by atoms with Gasteiger partial charge in [0.2, 0.25) is 23.6 Å². The van der Waals surface area contributed by atoms with Crippen molar-refractivity contribution in [3.63, 3.8) is 0 Å². The van der Waals surface area contributed by atoms with Crippen LogP contribution in [0, 0.1) is 23.7 Å². The molecule has 4 atom stereocenters. The van der Waals surface area contributed by atoms with Gasteiger partial charge in [-0.1, -0.05) is 55.4 Å². The molecule has 0 aromatic heterocycles. The molecule has 4 aromatic carbocycles. The van der Waals surface area contributed by atoms with Gasteiger partial charge in [0, 0.05) is 118 Å². The van der Waals surface area contributed by atoms with Crippen LogP contribution in [0.4, 0.5) is 0 Å². The highest BCUT2D eigenvalue weighted by atomic mass is 16.6. The molecule has 0 radical (unpaired) electrons. The first-order valence-corrected chi connectivity index (χ1v) is 30.7. The van der Waals surface area contributed by atoms with E-state index in [2.05, 4.69) is 21.3 Å². The topological polar surface area (TPSA) is 295 Å². The Morgan fingerprint density at radius 1 is 0.283 bits per heavy atom. The first kappa shape index (κ1) is 70.5. The normalized spacial score (nSPS) is 22.4. The third-order valence-electron chi connectivity index (χ3n) is 17.0. The zero-order valence-electron chi connectivity index (χ0n) is 55.4. The standard InChI is InChI=1S/C68H88N4O20/c1-33(2)61-65(77)89-17-18-90-66(78)62(34(3)4)70-58(74)26-38-42-21-41(49(81-9)29-50(42)82-10)37(25-57(73)69-61)45-23-46(54(86-14)31-53(45)85-13)39-27-59(75)71-63(35(5)6)67(79)91-19-20-92-68(80)64(36(7)8)72-60(76)28-40(44-22-43(39)51(83-11)30-52(44)84-12)48-24-47(38)55(87-15)32-56(48)88-16/h21-24,29-40,61-64H,17-20,25-28H2,1-16H3,(H,69,73)(H,70,74)(H,71,75)(H,72,76). The summed E-state index contributed by atoms with van der Waals surface area (Å²) in [6.07, 6.45) is -1.69. The maximum absolute atomic E-state index is 15.2. The Balaban J connectivity index is 1.74. The van der Waals surface area contributed by atoms with Crippen molar-refractivity contribution in [2.45, 2.75) is 129 Å². The number of hydrogen-bond acceptors (Lipinski definition) is 20. The zero-order valence-corrected chi connectivity index (χ0v) is 55.4. The van der Waals surface area contributed by atoms with E-state index in [4.69, 9.17) is 56.8 Å². The molecule has 24 nitrogen and oxygen atoms in total. The largest absolute Gasteiger partial charge is 0.496 e.